The summed E-state index contributed by atoms with van der Waals surface area (Å²) in [6.07, 6.45) is 10.3. The Morgan fingerprint density at radius 3 is 1.20 bits per heavy atom. The standard InChI is InChI=1S/C76H55N9/c1-8-22-52(23-9-1)73-74(53-36-42-62(43-37-53)83(56-24-10-2-11-25-56)57-26-12-3-13-27-57)80-70-49-66-65(48-69(70)79-73)77-67-50-71-72(51-68(67)78-66)82-76(55-40-46-64(47-41-55)85(60-32-18-6-19-33-60)61-34-20-7-21-35-61)75(81-71)54-38-44-63(45-39-54)84(58-28-14-4-15-29-58)59-30-16-5-17-31-59/h1-38,40-44,46-51,70,80H,39,45H2/t70-/m0/s1. The van der Waals surface area contributed by atoms with Crippen LogP contribution in [0.2, 0.25) is 0 Å². The van der Waals surface area contributed by atoms with Gasteiger partial charge in [-0.05, 0) is 151 Å². The topological polar surface area (TPSA) is 85.7 Å². The van der Waals surface area contributed by atoms with Crippen molar-refractivity contribution in [3.8, 4) is 11.3 Å². The molecule has 85 heavy (non-hydrogen) atoms. The fourth-order valence-corrected chi connectivity index (χ4v) is 11.8. The Balaban J connectivity index is 0.827. The van der Waals surface area contributed by atoms with Gasteiger partial charge in [-0.25, -0.2) is 24.9 Å². The third-order valence-electron chi connectivity index (χ3n) is 15.9. The van der Waals surface area contributed by atoms with E-state index in [1.54, 1.807) is 0 Å². The van der Waals surface area contributed by atoms with E-state index >= 15 is 0 Å². The molecule has 3 aliphatic rings. The molecule has 0 spiro atoms. The molecule has 0 fully saturated rings. The lowest BCUT2D eigenvalue weighted by Gasteiger charge is -2.30. The highest BCUT2D eigenvalue weighted by Gasteiger charge is 2.28. The summed E-state index contributed by atoms with van der Waals surface area (Å²) in [6, 6.07) is 94.8. The van der Waals surface area contributed by atoms with E-state index in [2.05, 4.69) is 287 Å². The van der Waals surface area contributed by atoms with Gasteiger partial charge in [0.25, 0.3) is 0 Å². The van der Waals surface area contributed by atoms with Crippen LogP contribution >= 0.6 is 0 Å². The fraction of sp³-hybridized carbons (Fsp3) is 0.0395. The minimum atomic E-state index is -0.255. The number of rotatable bonds is 13. The van der Waals surface area contributed by atoms with Crippen molar-refractivity contribution >= 4 is 102 Å². The van der Waals surface area contributed by atoms with Gasteiger partial charge in [0.15, 0.2) is 0 Å². The number of hydrogen-bond acceptors (Lipinski definition) is 9. The van der Waals surface area contributed by atoms with E-state index < -0.39 is 0 Å². The molecule has 404 valence electrons. The molecule has 0 bridgehead atoms. The SMILES string of the molecule is C1=C(c2nc3cc4nc5c(nc4cc3nc2-c2ccc(N(c3ccccc3)c3ccccc3)cc2)=C[C@@H]2NC(c3ccc(N(c4ccccc4)c4ccccc4)cc3)=C(c3ccccc3)N=C2C=5)CCC(N(c2ccccc2)c2ccccc2)=C1. The number of benzene rings is 10. The minimum absolute atomic E-state index is 0.255. The third kappa shape index (κ3) is 10.00. The molecular weight excluding hydrogens is 1040 g/mol. The number of fused-ring (bicyclic) bond motifs is 4. The maximum absolute atomic E-state index is 5.56. The lowest BCUT2D eigenvalue weighted by atomic mass is 9.94. The van der Waals surface area contributed by atoms with Gasteiger partial charge >= 0.3 is 0 Å². The molecule has 12 aromatic rings. The van der Waals surface area contributed by atoms with E-state index in [-0.39, 0.29) is 6.04 Å². The Morgan fingerprint density at radius 2 is 0.741 bits per heavy atom. The molecule has 3 heterocycles. The first-order valence-electron chi connectivity index (χ1n) is 28.8. The summed E-state index contributed by atoms with van der Waals surface area (Å²) < 4.78 is 0. The molecule has 0 unspecified atom stereocenters. The second kappa shape index (κ2) is 22.2. The Morgan fingerprint density at radius 1 is 0.341 bits per heavy atom. The Kier molecular flexibility index (Phi) is 13.2. The van der Waals surface area contributed by atoms with Crippen LogP contribution in [-0.2, 0) is 0 Å². The van der Waals surface area contributed by atoms with E-state index in [1.165, 1.54) is 5.70 Å². The Hall–Kier alpha value is -11.3. The highest BCUT2D eigenvalue weighted by Crippen LogP contribution is 2.41. The summed E-state index contributed by atoms with van der Waals surface area (Å²) in [7, 11) is 0. The van der Waals surface area contributed by atoms with Crippen molar-refractivity contribution in [3.05, 3.63) is 318 Å². The number of aliphatic imine (C=N–C) groups is 1. The van der Waals surface area contributed by atoms with Gasteiger partial charge in [0.1, 0.15) is 0 Å². The van der Waals surface area contributed by atoms with Gasteiger partial charge < -0.3 is 20.0 Å². The predicted molar refractivity (Wildman–Crippen MR) is 350 cm³/mol. The molecule has 1 aliphatic heterocycles. The van der Waals surface area contributed by atoms with Gasteiger partial charge in [-0.15, -0.1) is 0 Å². The summed E-state index contributed by atoms with van der Waals surface area (Å²) in [5.41, 5.74) is 21.2. The van der Waals surface area contributed by atoms with E-state index in [1.807, 2.05) is 30.3 Å². The van der Waals surface area contributed by atoms with Crippen molar-refractivity contribution in [2.75, 3.05) is 14.7 Å². The van der Waals surface area contributed by atoms with Crippen LogP contribution in [0.4, 0.5) is 45.5 Å². The van der Waals surface area contributed by atoms with Crippen LogP contribution in [-0.4, -0.2) is 31.7 Å². The highest BCUT2D eigenvalue weighted by atomic mass is 15.2. The lowest BCUT2D eigenvalue weighted by Crippen LogP contribution is -2.46. The number of anilines is 8. The fourth-order valence-electron chi connectivity index (χ4n) is 11.8. The van der Waals surface area contributed by atoms with E-state index in [0.717, 1.165) is 142 Å². The summed E-state index contributed by atoms with van der Waals surface area (Å²) in [5.74, 6) is 0. The van der Waals surface area contributed by atoms with Gasteiger partial charge in [-0.3, -0.25) is 0 Å². The second-order valence-electron chi connectivity index (χ2n) is 21.3. The van der Waals surface area contributed by atoms with E-state index in [4.69, 9.17) is 24.9 Å². The molecule has 1 N–H and O–H groups in total. The number of nitrogens with zero attached hydrogens (tertiary/aromatic N) is 8. The van der Waals surface area contributed by atoms with Gasteiger partial charge in [-0.1, -0.05) is 170 Å². The Labute approximate surface area is 493 Å². The normalized spacial score (nSPS) is 14.4. The van der Waals surface area contributed by atoms with Crippen LogP contribution in [0.25, 0.3) is 62.4 Å². The second-order valence-corrected chi connectivity index (χ2v) is 21.3. The van der Waals surface area contributed by atoms with Crippen molar-refractivity contribution in [2.24, 2.45) is 4.99 Å². The van der Waals surface area contributed by atoms with Crippen molar-refractivity contribution in [1.82, 2.24) is 25.3 Å². The minimum Gasteiger partial charge on any atom is -0.371 e. The molecular formula is C76H55N9. The van der Waals surface area contributed by atoms with E-state index in [9.17, 15) is 0 Å². The van der Waals surface area contributed by atoms with Gasteiger partial charge in [-0.2, -0.15) is 0 Å². The van der Waals surface area contributed by atoms with Gasteiger partial charge in [0.2, 0.25) is 0 Å². The average molecular weight is 1090 g/mol. The maximum Gasteiger partial charge on any atom is 0.0969 e. The molecule has 0 saturated heterocycles. The number of allylic oxidation sites excluding steroid dienone is 4. The molecule has 9 nitrogen and oxygen atoms in total. The monoisotopic (exact) mass is 1090 g/mol. The zero-order valence-corrected chi connectivity index (χ0v) is 46.4. The summed E-state index contributed by atoms with van der Waals surface area (Å²) in [6.45, 7) is 0. The van der Waals surface area contributed by atoms with Crippen molar-refractivity contribution in [1.29, 1.82) is 0 Å². The quantitative estimate of drug-likeness (QED) is 0.114. The molecule has 1 atom stereocenters. The number of aromatic nitrogens is 4. The van der Waals surface area contributed by atoms with Crippen LogP contribution in [0.15, 0.2) is 296 Å². The first kappa shape index (κ1) is 50.7. The molecule has 9 heteroatoms. The zero-order chi connectivity index (χ0) is 56.5. The molecule has 0 amide bonds. The maximum atomic E-state index is 5.56. The van der Waals surface area contributed by atoms with Gasteiger partial charge in [0, 0.05) is 62.3 Å². The van der Waals surface area contributed by atoms with Crippen LogP contribution in [0.1, 0.15) is 29.7 Å². The summed E-state index contributed by atoms with van der Waals surface area (Å²) in [5, 5.41) is 5.44. The van der Waals surface area contributed by atoms with Crippen molar-refractivity contribution in [3.63, 3.8) is 0 Å². The third-order valence-corrected chi connectivity index (χ3v) is 15.9. The number of nitrogens with one attached hydrogen (secondary N) is 1. The summed E-state index contributed by atoms with van der Waals surface area (Å²) in [4.78, 5) is 34.1. The first-order chi connectivity index (χ1) is 42.1. The zero-order valence-electron chi connectivity index (χ0n) is 46.4. The van der Waals surface area contributed by atoms with Crippen LogP contribution < -0.4 is 30.7 Å². The number of para-hydroxylation sites is 6. The molecule has 10 aromatic carbocycles. The Bertz CT molecular complexity index is 4570. The van der Waals surface area contributed by atoms with Gasteiger partial charge in [0.05, 0.1) is 67.3 Å². The van der Waals surface area contributed by atoms with E-state index in [0.29, 0.717) is 0 Å². The van der Waals surface area contributed by atoms with Crippen LogP contribution in [0, 0.1) is 0 Å². The van der Waals surface area contributed by atoms with Crippen molar-refractivity contribution in [2.45, 2.75) is 18.9 Å². The van der Waals surface area contributed by atoms with Crippen LogP contribution in [0.3, 0.4) is 0 Å². The smallest absolute Gasteiger partial charge is 0.0969 e. The highest BCUT2D eigenvalue weighted by molar-refractivity contribution is 6.21. The van der Waals surface area contributed by atoms with Crippen molar-refractivity contribution < 1.29 is 0 Å². The molecule has 15 rings (SSSR count). The first-order valence-corrected chi connectivity index (χ1v) is 28.8. The molecule has 0 saturated carbocycles. The molecule has 2 aliphatic carbocycles. The largest absolute Gasteiger partial charge is 0.371 e. The molecule has 2 aromatic heterocycles. The lowest BCUT2D eigenvalue weighted by molar-refractivity contribution is 0.910. The number of hydrogen-bond donors (Lipinski definition) is 1. The molecule has 0 radical (unpaired) electrons. The van der Waals surface area contributed by atoms with Crippen LogP contribution in [0.5, 0.6) is 0 Å². The predicted octanol–water partition coefficient (Wildman–Crippen LogP) is 16.6. The average Bonchev–Trinajstić information content (AvgIpc) is 3.32. The summed E-state index contributed by atoms with van der Waals surface area (Å²) >= 11 is 0.